The van der Waals surface area contributed by atoms with Crippen LogP contribution in [0.15, 0.2) is 36.5 Å². The summed E-state index contributed by atoms with van der Waals surface area (Å²) in [6, 6.07) is 9.23. The molecule has 0 aromatic carbocycles. The smallest absolute Gasteiger partial charge is 0.232 e. The summed E-state index contributed by atoms with van der Waals surface area (Å²) in [6.45, 7) is 1.80. The Morgan fingerprint density at radius 3 is 2.66 bits per heavy atom. The van der Waals surface area contributed by atoms with Gasteiger partial charge in [-0.2, -0.15) is 5.10 Å². The molecule has 2 atom stereocenters. The standard InChI is InChI=1S/C22H25N7O2S/c1-2-19(30)24-18-9-8-17(26-27-18)12-14-6-7-15(11-14)21-28-29-22(32-21)25-20(31)13-16-5-3-4-10-23-16/h3-5,8-10,14-15H,2,6-7,11-13H2,1H3,(H,24,27,30)(H,25,29,31). The number of nitrogens with one attached hydrogen (secondary N) is 2. The van der Waals surface area contributed by atoms with Crippen molar-refractivity contribution in [3.8, 4) is 0 Å². The van der Waals surface area contributed by atoms with Crippen molar-refractivity contribution in [3.63, 3.8) is 0 Å². The molecule has 2 amide bonds. The van der Waals surface area contributed by atoms with Gasteiger partial charge in [0.1, 0.15) is 5.01 Å². The maximum absolute atomic E-state index is 12.2. The minimum Gasteiger partial charge on any atom is -0.309 e. The summed E-state index contributed by atoms with van der Waals surface area (Å²) in [5.41, 5.74) is 1.64. The minimum absolute atomic E-state index is 0.0740. The quantitative estimate of drug-likeness (QED) is 0.538. The van der Waals surface area contributed by atoms with Gasteiger partial charge in [-0.25, -0.2) is 0 Å². The van der Waals surface area contributed by atoms with Crippen LogP contribution >= 0.6 is 11.3 Å². The Balaban J connectivity index is 1.27. The Kier molecular flexibility index (Phi) is 7.10. The molecule has 2 N–H and O–H groups in total. The monoisotopic (exact) mass is 451 g/mol. The highest BCUT2D eigenvalue weighted by Gasteiger charge is 2.29. The van der Waals surface area contributed by atoms with Crippen molar-refractivity contribution in [2.24, 2.45) is 5.92 Å². The first-order chi connectivity index (χ1) is 15.6. The fraction of sp³-hybridized carbons (Fsp3) is 0.409. The maximum atomic E-state index is 12.2. The second-order valence-electron chi connectivity index (χ2n) is 7.88. The summed E-state index contributed by atoms with van der Waals surface area (Å²) in [5.74, 6) is 1.10. The van der Waals surface area contributed by atoms with Crippen LogP contribution in [0, 0.1) is 5.92 Å². The fourth-order valence-electron chi connectivity index (χ4n) is 3.83. The van der Waals surface area contributed by atoms with E-state index in [9.17, 15) is 9.59 Å². The molecule has 166 valence electrons. The van der Waals surface area contributed by atoms with Crippen LogP contribution in [0.4, 0.5) is 10.9 Å². The van der Waals surface area contributed by atoms with Gasteiger partial charge in [-0.05, 0) is 55.9 Å². The van der Waals surface area contributed by atoms with Crippen LogP contribution in [0.25, 0.3) is 0 Å². The summed E-state index contributed by atoms with van der Waals surface area (Å²) >= 11 is 1.44. The van der Waals surface area contributed by atoms with E-state index in [1.807, 2.05) is 24.3 Å². The first kappa shape index (κ1) is 21.9. The number of anilines is 2. The Morgan fingerprint density at radius 1 is 1.00 bits per heavy atom. The van der Waals surface area contributed by atoms with E-state index in [4.69, 9.17) is 0 Å². The first-order valence-corrected chi connectivity index (χ1v) is 11.6. The molecule has 0 bridgehead atoms. The highest BCUT2D eigenvalue weighted by atomic mass is 32.1. The van der Waals surface area contributed by atoms with Crippen molar-refractivity contribution >= 4 is 34.1 Å². The molecule has 32 heavy (non-hydrogen) atoms. The number of pyridine rings is 1. The number of carbonyl (C=O) groups is 2. The van der Waals surface area contributed by atoms with Gasteiger partial charge in [0.15, 0.2) is 5.82 Å². The fourth-order valence-corrected chi connectivity index (χ4v) is 4.73. The number of hydrogen-bond donors (Lipinski definition) is 2. The van der Waals surface area contributed by atoms with Gasteiger partial charge >= 0.3 is 0 Å². The largest absolute Gasteiger partial charge is 0.309 e. The maximum Gasteiger partial charge on any atom is 0.232 e. The van der Waals surface area contributed by atoms with Crippen LogP contribution < -0.4 is 10.6 Å². The molecule has 0 spiro atoms. The number of nitrogens with zero attached hydrogens (tertiary/aromatic N) is 5. The summed E-state index contributed by atoms with van der Waals surface area (Å²) in [5, 5.41) is 23.9. The number of rotatable bonds is 8. The van der Waals surface area contributed by atoms with Crippen molar-refractivity contribution in [2.75, 3.05) is 10.6 Å². The lowest BCUT2D eigenvalue weighted by atomic mass is 10.00. The van der Waals surface area contributed by atoms with Crippen LogP contribution in [-0.2, 0) is 22.4 Å². The number of aromatic nitrogens is 5. The van der Waals surface area contributed by atoms with Gasteiger partial charge < -0.3 is 10.6 Å². The lowest BCUT2D eigenvalue weighted by Crippen LogP contribution is -2.14. The summed E-state index contributed by atoms with van der Waals surface area (Å²) in [7, 11) is 0. The Hall–Kier alpha value is -3.27. The van der Waals surface area contributed by atoms with Gasteiger partial charge in [-0.3, -0.25) is 14.6 Å². The molecule has 0 radical (unpaired) electrons. The molecule has 3 aromatic heterocycles. The van der Waals surface area contributed by atoms with Crippen molar-refractivity contribution in [1.82, 2.24) is 25.4 Å². The molecule has 0 aliphatic heterocycles. The molecule has 9 nitrogen and oxygen atoms in total. The van der Waals surface area contributed by atoms with Gasteiger partial charge in [0.25, 0.3) is 0 Å². The molecule has 3 aromatic rings. The van der Waals surface area contributed by atoms with E-state index in [1.54, 1.807) is 19.2 Å². The van der Waals surface area contributed by atoms with E-state index < -0.39 is 0 Å². The average Bonchev–Trinajstić information content (AvgIpc) is 3.45. The molecular formula is C22H25N7O2S. The predicted octanol–water partition coefficient (Wildman–Crippen LogP) is 3.38. The van der Waals surface area contributed by atoms with E-state index in [1.165, 1.54) is 11.3 Å². The van der Waals surface area contributed by atoms with Gasteiger partial charge in [0, 0.05) is 24.2 Å². The first-order valence-electron chi connectivity index (χ1n) is 10.7. The van der Waals surface area contributed by atoms with Gasteiger partial charge in [0.2, 0.25) is 16.9 Å². The highest BCUT2D eigenvalue weighted by molar-refractivity contribution is 7.15. The molecule has 1 fully saturated rings. The normalized spacial score (nSPS) is 17.8. The van der Waals surface area contributed by atoms with Crippen molar-refractivity contribution in [2.45, 2.75) is 51.4 Å². The summed E-state index contributed by atoms with van der Waals surface area (Å²) in [4.78, 5) is 27.8. The Bertz CT molecular complexity index is 1060. The third-order valence-corrected chi connectivity index (χ3v) is 6.45. The van der Waals surface area contributed by atoms with E-state index in [2.05, 4.69) is 36.0 Å². The lowest BCUT2D eigenvalue weighted by molar-refractivity contribution is -0.116. The second-order valence-corrected chi connectivity index (χ2v) is 8.89. The van der Waals surface area contributed by atoms with Gasteiger partial charge in [-0.1, -0.05) is 24.3 Å². The third kappa shape index (κ3) is 5.91. The molecule has 0 saturated heterocycles. The third-order valence-electron chi connectivity index (χ3n) is 5.45. The van der Waals surface area contributed by atoms with Crippen LogP contribution in [0.2, 0.25) is 0 Å². The van der Waals surface area contributed by atoms with Crippen molar-refractivity contribution in [1.29, 1.82) is 0 Å². The zero-order valence-electron chi connectivity index (χ0n) is 17.8. The molecule has 1 saturated carbocycles. The van der Waals surface area contributed by atoms with E-state index >= 15 is 0 Å². The lowest BCUT2D eigenvalue weighted by Gasteiger charge is -2.09. The van der Waals surface area contributed by atoms with Crippen LogP contribution in [0.3, 0.4) is 0 Å². The van der Waals surface area contributed by atoms with Crippen LogP contribution in [0.5, 0.6) is 0 Å². The topological polar surface area (TPSA) is 123 Å². The van der Waals surface area contributed by atoms with E-state index in [-0.39, 0.29) is 18.2 Å². The average molecular weight is 452 g/mol. The van der Waals surface area contributed by atoms with Crippen LogP contribution in [0.1, 0.15) is 54.9 Å². The van der Waals surface area contributed by atoms with E-state index in [0.29, 0.717) is 29.2 Å². The van der Waals surface area contributed by atoms with Crippen molar-refractivity contribution < 1.29 is 9.59 Å². The zero-order valence-corrected chi connectivity index (χ0v) is 18.6. The Labute approximate surface area is 190 Å². The number of hydrogen-bond acceptors (Lipinski definition) is 8. The van der Waals surface area contributed by atoms with Gasteiger partial charge in [0.05, 0.1) is 12.1 Å². The highest BCUT2D eigenvalue weighted by Crippen LogP contribution is 2.41. The molecule has 2 unspecified atom stereocenters. The zero-order chi connectivity index (χ0) is 22.3. The predicted molar refractivity (Wildman–Crippen MR) is 121 cm³/mol. The molecule has 1 aliphatic carbocycles. The van der Waals surface area contributed by atoms with Crippen molar-refractivity contribution in [3.05, 3.63) is 52.9 Å². The SMILES string of the molecule is CCC(=O)Nc1ccc(CC2CCC(c3nnc(NC(=O)Cc4ccccn4)s3)C2)nn1. The number of amides is 2. The summed E-state index contributed by atoms with van der Waals surface area (Å²) < 4.78 is 0. The molecule has 4 rings (SSSR count). The second kappa shape index (κ2) is 10.4. The van der Waals surface area contributed by atoms with Crippen LogP contribution in [-0.4, -0.2) is 37.2 Å². The molecule has 10 heteroatoms. The summed E-state index contributed by atoms with van der Waals surface area (Å²) in [6.07, 6.45) is 6.27. The Morgan fingerprint density at radius 2 is 1.91 bits per heavy atom. The van der Waals surface area contributed by atoms with E-state index in [0.717, 1.165) is 42.1 Å². The number of carbonyl (C=O) groups excluding carboxylic acids is 2. The molecule has 3 heterocycles. The minimum atomic E-state index is -0.146. The van der Waals surface area contributed by atoms with Gasteiger partial charge in [-0.15, -0.1) is 15.3 Å². The molecular weight excluding hydrogens is 426 g/mol. The molecule has 1 aliphatic rings.